The van der Waals surface area contributed by atoms with Crippen molar-refractivity contribution in [1.82, 2.24) is 9.97 Å². The molecule has 0 saturated carbocycles. The molecule has 136 valence electrons. The number of hydrogen-bond acceptors (Lipinski definition) is 3. The first-order valence-electron chi connectivity index (χ1n) is 7.17. The molecular weight excluding hydrogens is 377 g/mol. The van der Waals surface area contributed by atoms with Crippen LogP contribution in [0.25, 0.3) is 11.0 Å². The van der Waals surface area contributed by atoms with Gasteiger partial charge in [-0.2, -0.15) is 13.2 Å². The number of nitrogens with one attached hydrogen (secondary N) is 2. The highest BCUT2D eigenvalue weighted by Crippen LogP contribution is 2.34. The number of amides is 1. The van der Waals surface area contributed by atoms with Gasteiger partial charge in [-0.05, 0) is 12.1 Å². The van der Waals surface area contributed by atoms with Gasteiger partial charge in [0.25, 0.3) is 0 Å². The van der Waals surface area contributed by atoms with Gasteiger partial charge in [-0.1, -0.05) is 23.9 Å². The molecule has 0 aliphatic heterocycles. The summed E-state index contributed by atoms with van der Waals surface area (Å²) in [6, 6.07) is 6.45. The first-order chi connectivity index (χ1) is 12.2. The fourth-order valence-corrected chi connectivity index (χ4v) is 2.89. The molecule has 2 N–H and O–H groups in total. The number of anilines is 1. The molecule has 26 heavy (non-hydrogen) atoms. The van der Waals surface area contributed by atoms with E-state index in [0.717, 1.165) is 36.0 Å². The minimum absolute atomic E-state index is 0.175. The standard InChI is InChI=1S/C16H10F5N3OS/c17-9-5-12-13(6-10(9)18)24-15(23-12)26-7-14(25)22-11-4-2-1-3-8(11)16(19,20)21/h1-6H,7H2,(H,22,25)(H,23,24). The summed E-state index contributed by atoms with van der Waals surface area (Å²) in [4.78, 5) is 18.6. The zero-order chi connectivity index (χ0) is 18.9. The highest BCUT2D eigenvalue weighted by atomic mass is 32.2. The quantitative estimate of drug-likeness (QED) is 0.509. The van der Waals surface area contributed by atoms with Crippen LogP contribution < -0.4 is 5.32 Å². The van der Waals surface area contributed by atoms with E-state index >= 15 is 0 Å². The molecule has 0 bridgehead atoms. The Bertz CT molecular complexity index is 931. The van der Waals surface area contributed by atoms with Crippen LogP contribution in [-0.4, -0.2) is 21.6 Å². The van der Waals surface area contributed by atoms with Gasteiger partial charge in [-0.25, -0.2) is 13.8 Å². The number of aromatic nitrogens is 2. The molecule has 3 rings (SSSR count). The molecule has 0 radical (unpaired) electrons. The Morgan fingerprint density at radius 1 is 1.15 bits per heavy atom. The van der Waals surface area contributed by atoms with E-state index in [-0.39, 0.29) is 27.6 Å². The van der Waals surface area contributed by atoms with Gasteiger partial charge in [0.15, 0.2) is 16.8 Å². The van der Waals surface area contributed by atoms with Crippen molar-refractivity contribution in [2.75, 3.05) is 11.1 Å². The minimum atomic E-state index is -4.59. The van der Waals surface area contributed by atoms with Crippen LogP contribution in [0.2, 0.25) is 0 Å². The largest absolute Gasteiger partial charge is 0.418 e. The Labute approximate surface area is 147 Å². The minimum Gasteiger partial charge on any atom is -0.333 e. The molecule has 10 heteroatoms. The van der Waals surface area contributed by atoms with Gasteiger partial charge in [-0.15, -0.1) is 0 Å². The third kappa shape index (κ3) is 3.96. The molecule has 0 unspecified atom stereocenters. The molecule has 1 heterocycles. The molecule has 0 aliphatic rings. The SMILES string of the molecule is O=C(CSc1nc2cc(F)c(F)cc2[nH]1)Nc1ccccc1C(F)(F)F. The number of imidazole rings is 1. The topological polar surface area (TPSA) is 57.8 Å². The number of benzene rings is 2. The van der Waals surface area contributed by atoms with Crippen LogP contribution in [0.1, 0.15) is 5.56 Å². The van der Waals surface area contributed by atoms with Gasteiger partial charge < -0.3 is 10.3 Å². The van der Waals surface area contributed by atoms with E-state index in [0.29, 0.717) is 0 Å². The fourth-order valence-electron chi connectivity index (χ4n) is 2.21. The van der Waals surface area contributed by atoms with Crippen LogP contribution in [0, 0.1) is 11.6 Å². The first-order valence-corrected chi connectivity index (χ1v) is 8.16. The average molecular weight is 387 g/mol. The van der Waals surface area contributed by atoms with E-state index < -0.39 is 29.3 Å². The maximum Gasteiger partial charge on any atom is 0.418 e. The van der Waals surface area contributed by atoms with Gasteiger partial charge in [0, 0.05) is 12.1 Å². The average Bonchev–Trinajstić information content (AvgIpc) is 2.94. The Kier molecular flexibility index (Phi) is 4.86. The fraction of sp³-hybridized carbons (Fsp3) is 0.125. The van der Waals surface area contributed by atoms with Crippen LogP contribution in [-0.2, 0) is 11.0 Å². The Morgan fingerprint density at radius 3 is 2.58 bits per heavy atom. The van der Waals surface area contributed by atoms with Gasteiger partial charge in [0.1, 0.15) is 0 Å². The van der Waals surface area contributed by atoms with Crippen molar-refractivity contribution in [1.29, 1.82) is 0 Å². The Morgan fingerprint density at radius 2 is 1.85 bits per heavy atom. The van der Waals surface area contributed by atoms with Gasteiger partial charge in [-0.3, -0.25) is 4.79 Å². The van der Waals surface area contributed by atoms with Crippen LogP contribution in [0.4, 0.5) is 27.6 Å². The van der Waals surface area contributed by atoms with Gasteiger partial charge in [0.2, 0.25) is 5.91 Å². The highest BCUT2D eigenvalue weighted by Gasteiger charge is 2.33. The molecule has 0 aliphatic carbocycles. The smallest absolute Gasteiger partial charge is 0.333 e. The summed E-state index contributed by atoms with van der Waals surface area (Å²) < 4.78 is 65.0. The van der Waals surface area contributed by atoms with Crippen molar-refractivity contribution in [2.45, 2.75) is 11.3 Å². The molecule has 3 aromatic rings. The lowest BCUT2D eigenvalue weighted by molar-refractivity contribution is -0.137. The maximum absolute atomic E-state index is 13.2. The van der Waals surface area contributed by atoms with Gasteiger partial charge in [0.05, 0.1) is 28.0 Å². The summed E-state index contributed by atoms with van der Waals surface area (Å²) in [5.74, 6) is -3.01. The number of H-pyrrole nitrogens is 1. The molecule has 0 spiro atoms. The number of aromatic amines is 1. The summed E-state index contributed by atoms with van der Waals surface area (Å²) in [5, 5.41) is 2.41. The van der Waals surface area contributed by atoms with Gasteiger partial charge >= 0.3 is 6.18 Å². The molecule has 4 nitrogen and oxygen atoms in total. The van der Waals surface area contributed by atoms with Crippen LogP contribution in [0.15, 0.2) is 41.6 Å². The van der Waals surface area contributed by atoms with Crippen LogP contribution in [0.5, 0.6) is 0 Å². The number of nitrogens with zero attached hydrogens (tertiary/aromatic N) is 1. The van der Waals surface area contributed by atoms with Crippen molar-refractivity contribution in [3.8, 4) is 0 Å². The maximum atomic E-state index is 13.2. The predicted octanol–water partition coefficient (Wildman–Crippen LogP) is 4.59. The van der Waals surface area contributed by atoms with E-state index in [1.54, 1.807) is 0 Å². The second-order valence-electron chi connectivity index (χ2n) is 5.21. The van der Waals surface area contributed by atoms with Crippen LogP contribution >= 0.6 is 11.8 Å². The second kappa shape index (κ2) is 6.94. The van der Waals surface area contributed by atoms with Crippen molar-refractivity contribution < 1.29 is 26.7 Å². The van der Waals surface area contributed by atoms with E-state index in [9.17, 15) is 26.7 Å². The summed E-state index contributed by atoms with van der Waals surface area (Å²) >= 11 is 0.894. The monoisotopic (exact) mass is 387 g/mol. The normalized spacial score (nSPS) is 11.7. The van der Waals surface area contributed by atoms with Crippen LogP contribution in [0.3, 0.4) is 0 Å². The number of thioether (sulfide) groups is 1. The summed E-state index contributed by atoms with van der Waals surface area (Å²) in [5.41, 5.74) is -0.879. The highest BCUT2D eigenvalue weighted by molar-refractivity contribution is 7.99. The van der Waals surface area contributed by atoms with Crippen molar-refractivity contribution in [3.05, 3.63) is 53.6 Å². The van der Waals surface area contributed by atoms with Crippen molar-refractivity contribution >= 4 is 34.4 Å². The van der Waals surface area contributed by atoms with E-state index in [4.69, 9.17) is 0 Å². The van der Waals surface area contributed by atoms with Crippen molar-refractivity contribution in [3.63, 3.8) is 0 Å². The predicted molar refractivity (Wildman–Crippen MR) is 86.8 cm³/mol. The molecule has 0 atom stereocenters. The zero-order valence-corrected chi connectivity index (χ0v) is 13.6. The lowest BCUT2D eigenvalue weighted by Crippen LogP contribution is -2.18. The zero-order valence-electron chi connectivity index (χ0n) is 12.8. The second-order valence-corrected chi connectivity index (χ2v) is 6.17. The number of alkyl halides is 3. The summed E-state index contributed by atoms with van der Waals surface area (Å²) in [6.07, 6.45) is -4.59. The summed E-state index contributed by atoms with van der Waals surface area (Å²) in [6.45, 7) is 0. The molecule has 2 aromatic carbocycles. The molecule has 0 fully saturated rings. The Balaban J connectivity index is 1.68. The molecular formula is C16H10F5N3OS. The number of carbonyl (C=O) groups excluding carboxylic acids is 1. The van der Waals surface area contributed by atoms with Crippen molar-refractivity contribution in [2.24, 2.45) is 0 Å². The van der Waals surface area contributed by atoms with E-state index in [2.05, 4.69) is 15.3 Å². The third-order valence-electron chi connectivity index (χ3n) is 3.35. The molecule has 1 amide bonds. The molecule has 1 aromatic heterocycles. The number of para-hydroxylation sites is 1. The third-order valence-corrected chi connectivity index (χ3v) is 4.22. The Hall–Kier alpha value is -2.62. The number of halogens is 5. The lowest BCUT2D eigenvalue weighted by Gasteiger charge is -2.13. The summed E-state index contributed by atoms with van der Waals surface area (Å²) in [7, 11) is 0. The molecule has 0 saturated heterocycles. The first kappa shape index (κ1) is 18.2. The van der Waals surface area contributed by atoms with E-state index in [1.807, 2.05) is 0 Å². The number of rotatable bonds is 4. The number of hydrogen-bond donors (Lipinski definition) is 2. The number of fused-ring (bicyclic) bond motifs is 1. The van der Waals surface area contributed by atoms with E-state index in [1.165, 1.54) is 12.1 Å². The lowest BCUT2D eigenvalue weighted by atomic mass is 10.1. The number of carbonyl (C=O) groups is 1.